The lowest BCUT2D eigenvalue weighted by Crippen LogP contribution is -2.50. The summed E-state index contributed by atoms with van der Waals surface area (Å²) in [4.78, 5) is 35.3. The lowest BCUT2D eigenvalue weighted by molar-refractivity contribution is -0.124. The second-order valence-electron chi connectivity index (χ2n) is 14.6. The summed E-state index contributed by atoms with van der Waals surface area (Å²) in [6.07, 6.45) is 10.9. The minimum atomic E-state index is -0.210. The third-order valence-corrected chi connectivity index (χ3v) is 10.9. The van der Waals surface area contributed by atoms with Gasteiger partial charge in [-0.05, 0) is 118 Å². The van der Waals surface area contributed by atoms with Crippen molar-refractivity contribution >= 4 is 17.8 Å². The van der Waals surface area contributed by atoms with Gasteiger partial charge in [0.05, 0.1) is 7.11 Å². The molecule has 3 aromatic rings. The maximum Gasteiger partial charge on any atom is 0.410 e. The number of methoxy groups -OCH3 is 1. The number of benzene rings is 1. The second-order valence-corrected chi connectivity index (χ2v) is 14.6. The Kier molecular flexibility index (Phi) is 9.24. The number of nitrogens with zero attached hydrogens (tertiary/aromatic N) is 4. The molecule has 0 unspecified atom stereocenters. The molecule has 0 atom stereocenters. The lowest BCUT2D eigenvalue weighted by Gasteiger charge is -2.38. The Morgan fingerprint density at radius 2 is 1.68 bits per heavy atom. The van der Waals surface area contributed by atoms with Gasteiger partial charge in [0.1, 0.15) is 29.1 Å². The number of hydrogen-bond acceptors (Lipinski definition) is 7. The van der Waals surface area contributed by atoms with E-state index in [-0.39, 0.29) is 24.0 Å². The van der Waals surface area contributed by atoms with Gasteiger partial charge in [-0.2, -0.15) is 0 Å². The molecule has 1 aliphatic heterocycles. The topological polar surface area (TPSA) is 98.0 Å². The number of ether oxygens (including phenoxy) is 2. The fraction of sp³-hybridized carbons (Fsp3) is 0.579. The maximum absolute atomic E-state index is 14.4. The van der Waals surface area contributed by atoms with Crippen LogP contribution in [0, 0.1) is 24.7 Å². The summed E-state index contributed by atoms with van der Waals surface area (Å²) < 4.78 is 16.9. The number of aryl methyl sites for hydroxylation is 1. The molecule has 7 rings (SSSR count). The summed E-state index contributed by atoms with van der Waals surface area (Å²) in [5, 5.41) is 4.35. The maximum atomic E-state index is 14.4. The summed E-state index contributed by atoms with van der Waals surface area (Å²) >= 11 is 0. The van der Waals surface area contributed by atoms with Crippen LogP contribution < -0.4 is 9.64 Å². The van der Waals surface area contributed by atoms with E-state index in [0.29, 0.717) is 61.7 Å². The number of amides is 2. The molecule has 0 N–H and O–H groups in total. The number of likely N-dealkylation sites (tertiary alicyclic amines) is 1. The number of aromatic nitrogens is 2. The van der Waals surface area contributed by atoms with Crippen LogP contribution in [0.1, 0.15) is 99.9 Å². The summed E-state index contributed by atoms with van der Waals surface area (Å²) in [6, 6.07) is 12.5. The van der Waals surface area contributed by atoms with Crippen LogP contribution in [0.5, 0.6) is 5.75 Å². The van der Waals surface area contributed by atoms with Gasteiger partial charge in [-0.3, -0.25) is 9.69 Å². The molecule has 3 aliphatic carbocycles. The molecule has 1 saturated heterocycles. The van der Waals surface area contributed by atoms with Crippen molar-refractivity contribution in [1.29, 1.82) is 0 Å². The Morgan fingerprint density at radius 1 is 0.936 bits per heavy atom. The van der Waals surface area contributed by atoms with E-state index in [9.17, 15) is 9.59 Å². The zero-order chi connectivity index (χ0) is 32.5. The second kappa shape index (κ2) is 13.7. The van der Waals surface area contributed by atoms with Gasteiger partial charge in [0.15, 0.2) is 0 Å². The summed E-state index contributed by atoms with van der Waals surface area (Å²) in [5.74, 6) is 4.49. The zero-order valence-electron chi connectivity index (χ0n) is 28.0. The number of hydrogen-bond donors (Lipinski definition) is 0. The fourth-order valence-corrected chi connectivity index (χ4v) is 7.81. The molecule has 47 heavy (non-hydrogen) atoms. The number of pyridine rings is 1. The molecule has 3 heterocycles. The van der Waals surface area contributed by atoms with Crippen molar-refractivity contribution < 1.29 is 23.6 Å². The van der Waals surface area contributed by atoms with E-state index in [4.69, 9.17) is 19.0 Å². The number of carbonyl (C=O) groups is 2. The number of carbonyl (C=O) groups excluding carboxylic acids is 2. The molecule has 9 nitrogen and oxygen atoms in total. The largest absolute Gasteiger partial charge is 0.496 e. The molecule has 4 fully saturated rings. The van der Waals surface area contributed by atoms with E-state index < -0.39 is 0 Å². The first-order valence-electron chi connectivity index (χ1n) is 17.7. The van der Waals surface area contributed by atoms with Gasteiger partial charge in [-0.15, -0.1) is 0 Å². The highest BCUT2D eigenvalue weighted by Crippen LogP contribution is 2.42. The predicted molar refractivity (Wildman–Crippen MR) is 179 cm³/mol. The van der Waals surface area contributed by atoms with Gasteiger partial charge in [0.2, 0.25) is 5.91 Å². The number of anilines is 1. The molecule has 3 saturated carbocycles. The molecule has 250 valence electrons. The monoisotopic (exact) mass is 640 g/mol. The normalized spacial score (nSPS) is 24.8. The molecule has 1 aromatic carbocycles. The van der Waals surface area contributed by atoms with Gasteiger partial charge < -0.3 is 18.9 Å². The molecule has 2 aromatic heterocycles. The minimum Gasteiger partial charge on any atom is -0.496 e. The quantitative estimate of drug-likeness (QED) is 0.235. The van der Waals surface area contributed by atoms with Gasteiger partial charge in [-0.1, -0.05) is 24.2 Å². The highest BCUT2D eigenvalue weighted by Gasteiger charge is 2.36. The molecule has 0 spiro atoms. The van der Waals surface area contributed by atoms with Gasteiger partial charge in [0, 0.05) is 49.3 Å². The van der Waals surface area contributed by atoms with Crippen LogP contribution in [0.15, 0.2) is 47.1 Å². The molecular formula is C38H48N4O5. The Bertz CT molecular complexity index is 1560. The van der Waals surface area contributed by atoms with Crippen molar-refractivity contribution in [3.8, 4) is 17.0 Å². The average molecular weight is 641 g/mol. The van der Waals surface area contributed by atoms with E-state index >= 15 is 0 Å². The molecule has 2 amide bonds. The van der Waals surface area contributed by atoms with Gasteiger partial charge in [-0.25, -0.2) is 9.78 Å². The minimum absolute atomic E-state index is 0.119. The van der Waals surface area contributed by atoms with Crippen LogP contribution in [-0.4, -0.2) is 59.9 Å². The highest BCUT2D eigenvalue weighted by molar-refractivity contribution is 5.94. The third kappa shape index (κ3) is 7.19. The Hall–Kier alpha value is -3.88. The summed E-state index contributed by atoms with van der Waals surface area (Å²) in [6.45, 7) is 6.44. The van der Waals surface area contributed by atoms with Crippen molar-refractivity contribution in [1.82, 2.24) is 15.0 Å². The molecule has 0 radical (unpaired) electrons. The lowest BCUT2D eigenvalue weighted by atomic mass is 9.78. The van der Waals surface area contributed by atoms with Gasteiger partial charge >= 0.3 is 6.09 Å². The fourth-order valence-electron chi connectivity index (χ4n) is 7.81. The zero-order valence-corrected chi connectivity index (χ0v) is 28.0. The SMILES string of the molecule is COc1ccc(C2CCC(CN(C(=O)C3CCC(OC(=O)N4CC(C)C4)CC3)c3cc(-c4cc(C5CC5)on4)ccn3)CC2)cc1C. The molecule has 0 bridgehead atoms. The number of rotatable bonds is 9. The Labute approximate surface area is 278 Å². The summed E-state index contributed by atoms with van der Waals surface area (Å²) in [5.41, 5.74) is 4.25. The van der Waals surface area contributed by atoms with Crippen molar-refractivity contribution in [2.45, 2.75) is 96.0 Å². The first-order chi connectivity index (χ1) is 22.8. The van der Waals surface area contributed by atoms with Crippen molar-refractivity contribution in [2.75, 3.05) is 31.6 Å². The van der Waals surface area contributed by atoms with E-state index in [1.807, 2.05) is 23.1 Å². The third-order valence-electron chi connectivity index (χ3n) is 10.9. The first-order valence-corrected chi connectivity index (χ1v) is 17.7. The van der Waals surface area contributed by atoms with Gasteiger partial charge in [0.25, 0.3) is 0 Å². The van der Waals surface area contributed by atoms with Crippen LogP contribution in [0.25, 0.3) is 11.3 Å². The van der Waals surface area contributed by atoms with Crippen LogP contribution in [0.3, 0.4) is 0 Å². The smallest absolute Gasteiger partial charge is 0.410 e. The first kappa shape index (κ1) is 31.7. The van der Waals surface area contributed by atoms with Crippen LogP contribution in [0.4, 0.5) is 10.6 Å². The standard InChI is InChI=1S/C38H48N4O5/c1-24-21-41(22-24)38(44)46-32-13-10-29(11-14-32)37(43)42(36-19-31(16-17-39-36)33-20-35(47-40-33)28-8-9-28)23-26-4-6-27(7-5-26)30-12-15-34(45-3)25(2)18-30/h12,15-20,24,26-29,32H,4-11,13-14,21-23H2,1-3H3. The molecule has 4 aliphatic rings. The van der Waals surface area contributed by atoms with Crippen molar-refractivity contribution in [3.05, 3.63) is 59.5 Å². The molecular weight excluding hydrogens is 592 g/mol. The van der Waals surface area contributed by atoms with Crippen LogP contribution >= 0.6 is 0 Å². The van der Waals surface area contributed by atoms with Crippen LogP contribution in [-0.2, 0) is 9.53 Å². The van der Waals surface area contributed by atoms with Crippen molar-refractivity contribution in [3.63, 3.8) is 0 Å². The van der Waals surface area contributed by atoms with E-state index in [1.54, 1.807) is 18.2 Å². The summed E-state index contributed by atoms with van der Waals surface area (Å²) in [7, 11) is 1.72. The predicted octanol–water partition coefficient (Wildman–Crippen LogP) is 7.89. The Morgan fingerprint density at radius 3 is 2.36 bits per heavy atom. The average Bonchev–Trinajstić information content (AvgIpc) is 3.81. The van der Waals surface area contributed by atoms with Crippen LogP contribution in [0.2, 0.25) is 0 Å². The molecule has 9 heteroatoms. The van der Waals surface area contributed by atoms with Crippen molar-refractivity contribution in [2.24, 2.45) is 17.8 Å². The van der Waals surface area contributed by atoms with E-state index in [0.717, 1.165) is 74.4 Å². The van der Waals surface area contributed by atoms with E-state index in [1.165, 1.54) is 11.1 Å². The van der Waals surface area contributed by atoms with E-state index in [2.05, 4.69) is 37.2 Å². The Balaban J connectivity index is 1.04. The highest BCUT2D eigenvalue weighted by atomic mass is 16.6.